The van der Waals surface area contributed by atoms with Crippen molar-refractivity contribution in [2.24, 2.45) is 52.3 Å². The summed E-state index contributed by atoms with van der Waals surface area (Å²) in [5.74, 6) is 2.13. The van der Waals surface area contributed by atoms with Crippen molar-refractivity contribution < 1.29 is 28.0 Å². The molecule has 0 radical (unpaired) electrons. The van der Waals surface area contributed by atoms with Gasteiger partial charge in [-0.15, -0.1) is 0 Å². The van der Waals surface area contributed by atoms with E-state index >= 15 is 0 Å². The van der Waals surface area contributed by atoms with Crippen molar-refractivity contribution in [1.82, 2.24) is 5.32 Å². The first kappa shape index (κ1) is 29.3. The number of fused-ring (bicyclic) bond motifs is 5. The van der Waals surface area contributed by atoms with Crippen LogP contribution in [0, 0.1) is 52.3 Å². The topological polar surface area (TPSA) is 124 Å². The number of amides is 1. The number of hydrogen-bond donors (Lipinski definition) is 4. The molecule has 4 aliphatic carbocycles. The fourth-order valence-electron chi connectivity index (χ4n) is 9.63. The number of carbonyl (C=O) groups is 1. The molecule has 0 spiro atoms. The molecule has 0 aromatic heterocycles. The van der Waals surface area contributed by atoms with Gasteiger partial charge in [-0.25, -0.2) is 0 Å². The van der Waals surface area contributed by atoms with Crippen molar-refractivity contribution >= 4 is 16.0 Å². The van der Waals surface area contributed by atoms with Crippen molar-refractivity contribution in [3.63, 3.8) is 0 Å². The highest BCUT2D eigenvalue weighted by atomic mass is 32.2. The lowest BCUT2D eigenvalue weighted by Gasteiger charge is -2.62. The van der Waals surface area contributed by atoms with Gasteiger partial charge in [0.15, 0.2) is 0 Å². The predicted octanol–water partition coefficient (Wildman–Crippen LogP) is 4.42. The molecule has 4 aliphatic rings. The Morgan fingerprint density at radius 3 is 2.35 bits per heavy atom. The van der Waals surface area contributed by atoms with E-state index in [1.165, 1.54) is 12.8 Å². The van der Waals surface area contributed by atoms with Gasteiger partial charge in [0.05, 0.1) is 18.0 Å². The lowest BCUT2D eigenvalue weighted by molar-refractivity contribution is -0.175. The lowest BCUT2D eigenvalue weighted by atomic mass is 9.43. The molecule has 0 aromatic rings. The van der Waals surface area contributed by atoms with E-state index in [9.17, 15) is 28.0 Å². The zero-order chi connectivity index (χ0) is 27.3. The summed E-state index contributed by atoms with van der Waals surface area (Å²) in [5.41, 5.74) is 0.0844. The van der Waals surface area contributed by atoms with Crippen molar-refractivity contribution in [2.45, 2.75) is 117 Å². The number of hydrogen-bond acceptors (Lipinski definition) is 5. The molecule has 8 heteroatoms. The van der Waals surface area contributed by atoms with Crippen LogP contribution in [0.4, 0.5) is 0 Å². The number of carbonyl (C=O) groups excluding carboxylic acids is 1. The molecule has 7 nitrogen and oxygen atoms in total. The van der Waals surface area contributed by atoms with Gasteiger partial charge in [0, 0.05) is 12.5 Å². The van der Waals surface area contributed by atoms with Gasteiger partial charge in [-0.2, -0.15) is 8.42 Å². The number of aliphatic hydroxyl groups is 2. The van der Waals surface area contributed by atoms with Gasteiger partial charge in [0.1, 0.15) is 0 Å². The summed E-state index contributed by atoms with van der Waals surface area (Å²) in [7, 11) is -4.17. The summed E-state index contributed by atoms with van der Waals surface area (Å²) in [4.78, 5) is 12.7. The SMILES string of the molecule is CC(C)[C@H](CS(=O)(=O)O)NC(=O)CC[C@@H](C)[C@H]1CC[C@H]2[C@@H]3CC[C@@H]4C[C@H](O)CC[C@]4(C)[C@H]3C[C@H](O)[C@]12C. The Morgan fingerprint density at radius 1 is 1.00 bits per heavy atom. The highest BCUT2D eigenvalue weighted by Crippen LogP contribution is 2.68. The normalized spacial score (nSPS) is 43.4. The third kappa shape index (κ3) is 5.64. The maximum Gasteiger partial charge on any atom is 0.266 e. The van der Waals surface area contributed by atoms with Gasteiger partial charge in [-0.3, -0.25) is 9.35 Å². The summed E-state index contributed by atoms with van der Waals surface area (Å²) in [6.45, 7) is 10.6. The summed E-state index contributed by atoms with van der Waals surface area (Å²) in [5, 5.41) is 24.8. The number of nitrogens with one attached hydrogen (secondary N) is 1. The van der Waals surface area contributed by atoms with E-state index in [2.05, 4.69) is 26.1 Å². The highest BCUT2D eigenvalue weighted by Gasteiger charge is 2.63. The molecular formula is C29H51NO6S. The van der Waals surface area contributed by atoms with E-state index in [4.69, 9.17) is 0 Å². The van der Waals surface area contributed by atoms with Crippen LogP contribution in [0.2, 0.25) is 0 Å². The van der Waals surface area contributed by atoms with E-state index in [0.29, 0.717) is 42.4 Å². The predicted molar refractivity (Wildman–Crippen MR) is 144 cm³/mol. The van der Waals surface area contributed by atoms with Gasteiger partial charge >= 0.3 is 0 Å². The Bertz CT molecular complexity index is 939. The molecule has 0 aromatic carbocycles. The van der Waals surface area contributed by atoms with Crippen LogP contribution in [0.1, 0.15) is 98.8 Å². The van der Waals surface area contributed by atoms with E-state index in [-0.39, 0.29) is 40.8 Å². The standard InChI is InChI=1S/C29H51NO6S/c1-17(2)25(16-37(34,35)36)30-27(33)11-6-18(3)22-9-10-23-21-8-7-19-14-20(31)12-13-28(19,4)24(21)15-26(32)29(22,23)5/h17-26,31-32H,6-16H2,1-5H3,(H,30,33)(H,34,35,36)/t18-,19-,20-,21+,22-,23+,24+,25+,26+,28+,29-/m1/s1. The number of rotatable bonds is 8. The van der Waals surface area contributed by atoms with E-state index in [0.717, 1.165) is 38.5 Å². The fraction of sp³-hybridized carbons (Fsp3) is 0.966. The van der Waals surface area contributed by atoms with Crippen molar-refractivity contribution in [3.05, 3.63) is 0 Å². The molecule has 0 heterocycles. The average Bonchev–Trinajstić information content (AvgIpc) is 3.16. The Hall–Kier alpha value is -0.700. The first-order valence-electron chi connectivity index (χ1n) is 14.8. The molecular weight excluding hydrogens is 490 g/mol. The quantitative estimate of drug-likeness (QED) is 0.337. The highest BCUT2D eigenvalue weighted by molar-refractivity contribution is 7.85. The third-order valence-corrected chi connectivity index (χ3v) is 12.7. The van der Waals surface area contributed by atoms with Gasteiger partial charge in [0.2, 0.25) is 5.91 Å². The molecule has 0 aliphatic heterocycles. The molecule has 0 bridgehead atoms. The van der Waals surface area contributed by atoms with E-state index in [1.54, 1.807) is 0 Å². The second-order valence-electron chi connectivity index (χ2n) is 14.1. The zero-order valence-corrected chi connectivity index (χ0v) is 24.3. The van der Waals surface area contributed by atoms with E-state index < -0.39 is 21.9 Å². The fourth-order valence-corrected chi connectivity index (χ4v) is 10.5. The maximum absolute atomic E-state index is 12.7. The van der Waals surface area contributed by atoms with Gasteiger partial charge in [-0.1, -0.05) is 34.6 Å². The minimum atomic E-state index is -4.17. The molecule has 1 amide bonds. The molecule has 0 saturated heterocycles. The van der Waals surface area contributed by atoms with Crippen LogP contribution in [-0.2, 0) is 14.9 Å². The first-order valence-corrected chi connectivity index (χ1v) is 16.4. The smallest absolute Gasteiger partial charge is 0.266 e. The van der Waals surface area contributed by atoms with Crippen molar-refractivity contribution in [3.8, 4) is 0 Å². The summed E-state index contributed by atoms with van der Waals surface area (Å²) in [6.07, 6.45) is 8.87. The third-order valence-electron chi connectivity index (χ3n) is 11.9. The average molecular weight is 542 g/mol. The van der Waals surface area contributed by atoms with Gasteiger partial charge in [-0.05, 0) is 110 Å². The Labute approximate surface area is 224 Å². The minimum Gasteiger partial charge on any atom is -0.393 e. The lowest BCUT2D eigenvalue weighted by Crippen LogP contribution is -2.58. The molecule has 4 rings (SSSR count). The molecule has 0 unspecified atom stereocenters. The van der Waals surface area contributed by atoms with Crippen LogP contribution in [0.25, 0.3) is 0 Å². The van der Waals surface area contributed by atoms with Gasteiger partial charge in [0.25, 0.3) is 10.1 Å². The van der Waals surface area contributed by atoms with Gasteiger partial charge < -0.3 is 15.5 Å². The van der Waals surface area contributed by atoms with Crippen LogP contribution < -0.4 is 5.32 Å². The van der Waals surface area contributed by atoms with Crippen LogP contribution in [0.15, 0.2) is 0 Å². The van der Waals surface area contributed by atoms with Crippen LogP contribution in [-0.4, -0.2) is 53.1 Å². The Balaban J connectivity index is 1.40. The summed E-state index contributed by atoms with van der Waals surface area (Å²) in [6, 6.07) is -0.610. The van der Waals surface area contributed by atoms with Crippen LogP contribution in [0.5, 0.6) is 0 Å². The number of aliphatic hydroxyl groups excluding tert-OH is 2. The maximum atomic E-state index is 12.7. The first-order chi connectivity index (χ1) is 17.2. The second kappa shape index (κ2) is 10.7. The Kier molecular flexibility index (Phi) is 8.47. The van der Waals surface area contributed by atoms with Crippen LogP contribution >= 0.6 is 0 Å². The molecule has 4 fully saturated rings. The van der Waals surface area contributed by atoms with E-state index in [1.807, 2.05) is 13.8 Å². The summed E-state index contributed by atoms with van der Waals surface area (Å²) < 4.78 is 31.9. The zero-order valence-electron chi connectivity index (χ0n) is 23.5. The Morgan fingerprint density at radius 2 is 1.70 bits per heavy atom. The van der Waals surface area contributed by atoms with Crippen molar-refractivity contribution in [1.29, 1.82) is 0 Å². The molecule has 4 saturated carbocycles. The van der Waals surface area contributed by atoms with Crippen molar-refractivity contribution in [2.75, 3.05) is 5.75 Å². The molecule has 4 N–H and O–H groups in total. The summed E-state index contributed by atoms with van der Waals surface area (Å²) >= 11 is 0. The van der Waals surface area contributed by atoms with Crippen LogP contribution in [0.3, 0.4) is 0 Å². The largest absolute Gasteiger partial charge is 0.393 e. The second-order valence-corrected chi connectivity index (χ2v) is 15.6. The molecule has 11 atom stereocenters. The molecule has 37 heavy (non-hydrogen) atoms. The molecule has 214 valence electrons. The minimum absolute atomic E-state index is 0.104. The monoisotopic (exact) mass is 541 g/mol.